The predicted octanol–water partition coefficient (Wildman–Crippen LogP) is 3.80. The van der Waals surface area contributed by atoms with E-state index in [2.05, 4.69) is 21.2 Å². The van der Waals surface area contributed by atoms with Gasteiger partial charge in [-0.15, -0.1) is 0 Å². The van der Waals surface area contributed by atoms with Gasteiger partial charge in [0.25, 0.3) is 0 Å². The minimum Gasteiger partial charge on any atom is -0.492 e. The molecule has 0 aliphatic carbocycles. The number of sulfonamides is 1. The molecule has 2 amide bonds. The van der Waals surface area contributed by atoms with Crippen molar-refractivity contribution in [2.24, 2.45) is 5.92 Å². The van der Waals surface area contributed by atoms with Crippen LogP contribution in [0.4, 0.5) is 5.69 Å². The van der Waals surface area contributed by atoms with E-state index in [1.807, 2.05) is 38.1 Å². The van der Waals surface area contributed by atoms with E-state index in [0.29, 0.717) is 18.9 Å². The molecule has 2 aromatic carbocycles. The summed E-state index contributed by atoms with van der Waals surface area (Å²) in [6.07, 6.45) is 1.04. The molecule has 1 N–H and O–H groups in total. The Kier molecular flexibility index (Phi) is 10.6. The van der Waals surface area contributed by atoms with Crippen molar-refractivity contribution in [1.82, 2.24) is 10.2 Å². The molecular formula is C25H34BrN3O5S. The highest BCUT2D eigenvalue weighted by Crippen LogP contribution is 2.30. The zero-order valence-electron chi connectivity index (χ0n) is 20.8. The molecule has 0 bridgehead atoms. The smallest absolute Gasteiger partial charge is 0.244 e. The molecule has 0 radical (unpaired) electrons. The highest BCUT2D eigenvalue weighted by Gasteiger charge is 2.31. The molecule has 0 aliphatic rings. The molecule has 0 unspecified atom stereocenters. The van der Waals surface area contributed by atoms with E-state index in [1.165, 1.54) is 4.90 Å². The summed E-state index contributed by atoms with van der Waals surface area (Å²) in [5.74, 6) is -0.199. The Labute approximate surface area is 216 Å². The lowest BCUT2D eigenvalue weighted by Crippen LogP contribution is -2.51. The normalized spacial score (nSPS) is 12.2. The quantitative estimate of drug-likeness (QED) is 0.420. The van der Waals surface area contributed by atoms with E-state index in [9.17, 15) is 18.0 Å². The third-order valence-electron chi connectivity index (χ3n) is 5.23. The maximum absolute atomic E-state index is 13.6. The van der Waals surface area contributed by atoms with Crippen molar-refractivity contribution in [2.45, 2.75) is 40.3 Å². The van der Waals surface area contributed by atoms with Crippen LogP contribution in [0.2, 0.25) is 0 Å². The van der Waals surface area contributed by atoms with Crippen LogP contribution >= 0.6 is 15.9 Å². The number of nitrogens with one attached hydrogen (secondary N) is 1. The van der Waals surface area contributed by atoms with Crippen molar-refractivity contribution in [2.75, 3.05) is 30.3 Å². The van der Waals surface area contributed by atoms with Gasteiger partial charge in [-0.25, -0.2) is 8.42 Å². The summed E-state index contributed by atoms with van der Waals surface area (Å²) in [6, 6.07) is 13.3. The van der Waals surface area contributed by atoms with Gasteiger partial charge in [0.1, 0.15) is 18.3 Å². The molecule has 10 heteroatoms. The van der Waals surface area contributed by atoms with E-state index >= 15 is 0 Å². The number of carbonyl (C=O) groups is 2. The number of hydrogen-bond acceptors (Lipinski definition) is 5. The lowest BCUT2D eigenvalue weighted by Gasteiger charge is -2.32. The number of carbonyl (C=O) groups excluding carboxylic acids is 2. The lowest BCUT2D eigenvalue weighted by atomic mass is 10.1. The predicted molar refractivity (Wildman–Crippen MR) is 142 cm³/mol. The monoisotopic (exact) mass is 567 g/mol. The summed E-state index contributed by atoms with van der Waals surface area (Å²) < 4.78 is 33.0. The molecule has 35 heavy (non-hydrogen) atoms. The Bertz CT molecular complexity index is 1110. The number of ether oxygens (including phenoxy) is 1. The molecule has 1 atom stereocenters. The van der Waals surface area contributed by atoms with Crippen molar-refractivity contribution in [3.05, 3.63) is 58.6 Å². The van der Waals surface area contributed by atoms with Crippen LogP contribution in [0.3, 0.4) is 0 Å². The standard InChI is InChI=1S/C25H34BrN3O5S/c1-6-34-23-10-8-7-9-22(23)29(35(5,32)33)17-24(30)28(16-20-11-13-21(26)14-12-20)19(4)25(31)27-15-18(2)3/h7-14,18-19H,6,15-17H2,1-5H3,(H,27,31)/t19-/m0/s1. The SMILES string of the molecule is CCOc1ccccc1N(CC(=O)N(Cc1ccc(Br)cc1)[C@@H](C)C(=O)NCC(C)C)S(C)(=O)=O. The van der Waals surface area contributed by atoms with Crippen LogP contribution in [0.15, 0.2) is 53.0 Å². The second-order valence-corrected chi connectivity index (χ2v) is 11.5. The molecule has 0 heterocycles. The number of hydrogen-bond donors (Lipinski definition) is 1. The first kappa shape index (κ1) is 28.6. The second-order valence-electron chi connectivity index (χ2n) is 8.63. The van der Waals surface area contributed by atoms with Gasteiger partial charge in [0.15, 0.2) is 0 Å². The van der Waals surface area contributed by atoms with E-state index < -0.39 is 28.5 Å². The Balaban J connectivity index is 2.40. The van der Waals surface area contributed by atoms with Crippen LogP contribution in [0.1, 0.15) is 33.3 Å². The van der Waals surface area contributed by atoms with Gasteiger partial charge < -0.3 is 15.0 Å². The second kappa shape index (κ2) is 12.9. The zero-order valence-corrected chi connectivity index (χ0v) is 23.2. The number of para-hydroxylation sites is 2. The minimum absolute atomic E-state index is 0.146. The van der Waals surface area contributed by atoms with E-state index in [4.69, 9.17) is 4.74 Å². The molecular weight excluding hydrogens is 534 g/mol. The number of benzene rings is 2. The fraction of sp³-hybridized carbons (Fsp3) is 0.440. The van der Waals surface area contributed by atoms with Gasteiger partial charge in [-0.3, -0.25) is 13.9 Å². The van der Waals surface area contributed by atoms with Crippen molar-refractivity contribution < 1.29 is 22.7 Å². The first-order chi connectivity index (χ1) is 16.4. The van der Waals surface area contributed by atoms with Crippen LogP contribution < -0.4 is 14.4 Å². The zero-order chi connectivity index (χ0) is 26.2. The summed E-state index contributed by atoms with van der Waals surface area (Å²) in [4.78, 5) is 27.9. The summed E-state index contributed by atoms with van der Waals surface area (Å²) in [5, 5.41) is 2.86. The van der Waals surface area contributed by atoms with E-state index in [0.717, 1.165) is 20.6 Å². The van der Waals surface area contributed by atoms with E-state index in [1.54, 1.807) is 38.1 Å². The summed E-state index contributed by atoms with van der Waals surface area (Å²) in [7, 11) is -3.83. The van der Waals surface area contributed by atoms with Gasteiger partial charge in [-0.05, 0) is 49.6 Å². The fourth-order valence-electron chi connectivity index (χ4n) is 3.36. The maximum Gasteiger partial charge on any atom is 0.244 e. The van der Waals surface area contributed by atoms with Crippen LogP contribution in [-0.4, -0.2) is 57.1 Å². The van der Waals surface area contributed by atoms with Crippen LogP contribution in [-0.2, 0) is 26.2 Å². The summed E-state index contributed by atoms with van der Waals surface area (Å²) in [5.41, 5.74) is 1.08. The third-order valence-corrected chi connectivity index (χ3v) is 6.89. The number of anilines is 1. The van der Waals surface area contributed by atoms with Crippen molar-refractivity contribution in [3.63, 3.8) is 0 Å². The van der Waals surface area contributed by atoms with Gasteiger partial charge in [-0.2, -0.15) is 0 Å². The summed E-state index contributed by atoms with van der Waals surface area (Å²) in [6.45, 7) is 7.89. The Morgan fingerprint density at radius 3 is 2.26 bits per heavy atom. The highest BCUT2D eigenvalue weighted by atomic mass is 79.9. The lowest BCUT2D eigenvalue weighted by molar-refractivity contribution is -0.139. The average Bonchev–Trinajstić information content (AvgIpc) is 2.80. The van der Waals surface area contributed by atoms with E-state index in [-0.39, 0.29) is 24.1 Å². The third kappa shape index (κ3) is 8.54. The van der Waals surface area contributed by atoms with Crippen molar-refractivity contribution >= 4 is 43.5 Å². The van der Waals surface area contributed by atoms with Gasteiger partial charge in [-0.1, -0.05) is 54.0 Å². The molecule has 2 aromatic rings. The molecule has 2 rings (SSSR count). The molecule has 192 valence electrons. The van der Waals surface area contributed by atoms with Crippen LogP contribution in [0.5, 0.6) is 5.75 Å². The molecule has 0 fully saturated rings. The first-order valence-electron chi connectivity index (χ1n) is 11.4. The fourth-order valence-corrected chi connectivity index (χ4v) is 4.47. The highest BCUT2D eigenvalue weighted by molar-refractivity contribution is 9.10. The number of rotatable bonds is 12. The van der Waals surface area contributed by atoms with Gasteiger partial charge in [0.05, 0.1) is 18.6 Å². The van der Waals surface area contributed by atoms with Crippen molar-refractivity contribution in [3.8, 4) is 5.75 Å². The number of halogens is 1. The summed E-state index contributed by atoms with van der Waals surface area (Å²) >= 11 is 3.40. The average molecular weight is 569 g/mol. The number of nitrogens with zero attached hydrogens (tertiary/aromatic N) is 2. The van der Waals surface area contributed by atoms with Gasteiger partial charge in [0, 0.05) is 17.6 Å². The van der Waals surface area contributed by atoms with Gasteiger partial charge in [0.2, 0.25) is 21.8 Å². The largest absolute Gasteiger partial charge is 0.492 e. The Hall–Kier alpha value is -2.59. The van der Waals surface area contributed by atoms with Gasteiger partial charge >= 0.3 is 0 Å². The maximum atomic E-state index is 13.6. The first-order valence-corrected chi connectivity index (χ1v) is 14.1. The molecule has 0 aromatic heterocycles. The number of amides is 2. The topological polar surface area (TPSA) is 96.0 Å². The Morgan fingerprint density at radius 1 is 1.06 bits per heavy atom. The molecule has 8 nitrogen and oxygen atoms in total. The molecule has 0 saturated heterocycles. The molecule has 0 spiro atoms. The van der Waals surface area contributed by atoms with Crippen LogP contribution in [0.25, 0.3) is 0 Å². The van der Waals surface area contributed by atoms with Crippen LogP contribution in [0, 0.1) is 5.92 Å². The van der Waals surface area contributed by atoms with Crippen molar-refractivity contribution in [1.29, 1.82) is 0 Å². The molecule has 0 aliphatic heterocycles. The Morgan fingerprint density at radius 2 is 1.69 bits per heavy atom. The molecule has 0 saturated carbocycles. The minimum atomic E-state index is -3.83.